The lowest BCUT2D eigenvalue weighted by atomic mass is 10.3. The molecule has 0 radical (unpaired) electrons. The van der Waals surface area contributed by atoms with Gasteiger partial charge in [0.05, 0.1) is 12.8 Å². The van der Waals surface area contributed by atoms with E-state index in [9.17, 15) is 0 Å². The quantitative estimate of drug-likeness (QED) is 0.184. The maximum Gasteiger partial charge on any atom is 0.191 e. The Morgan fingerprint density at radius 3 is 2.74 bits per heavy atom. The number of nitrogens with one attached hydrogen (secondary N) is 2. The summed E-state index contributed by atoms with van der Waals surface area (Å²) in [5.74, 6) is 1.80. The summed E-state index contributed by atoms with van der Waals surface area (Å²) in [4.78, 5) is 4.51. The van der Waals surface area contributed by atoms with Gasteiger partial charge in [-0.15, -0.1) is 24.0 Å². The van der Waals surface area contributed by atoms with E-state index in [1.54, 1.807) is 6.26 Å². The van der Waals surface area contributed by atoms with E-state index in [4.69, 9.17) is 9.15 Å². The van der Waals surface area contributed by atoms with Gasteiger partial charge < -0.3 is 19.8 Å². The number of hydrogen-bond acceptors (Lipinski definition) is 3. The molecule has 0 bridgehead atoms. The first-order chi connectivity index (χ1) is 10.7. The summed E-state index contributed by atoms with van der Waals surface area (Å²) in [6.45, 7) is 11.8. The van der Waals surface area contributed by atoms with Gasteiger partial charge in [0.1, 0.15) is 5.76 Å². The molecule has 1 rings (SSSR count). The van der Waals surface area contributed by atoms with Gasteiger partial charge in [-0.1, -0.05) is 12.2 Å². The summed E-state index contributed by atoms with van der Waals surface area (Å²) in [6, 6.07) is 3.88. The molecule has 0 aliphatic heterocycles. The number of nitrogens with zero attached hydrogens (tertiary/aromatic N) is 1. The Labute approximate surface area is 157 Å². The summed E-state index contributed by atoms with van der Waals surface area (Å²) < 4.78 is 10.7. The molecule has 6 heteroatoms. The van der Waals surface area contributed by atoms with Crippen molar-refractivity contribution in [3.05, 3.63) is 36.3 Å². The van der Waals surface area contributed by atoms with Crippen LogP contribution >= 0.6 is 24.0 Å². The van der Waals surface area contributed by atoms with Crippen molar-refractivity contribution in [3.63, 3.8) is 0 Å². The molecule has 1 heterocycles. The average molecular weight is 435 g/mol. The van der Waals surface area contributed by atoms with Crippen LogP contribution in [0.4, 0.5) is 0 Å². The van der Waals surface area contributed by atoms with Crippen molar-refractivity contribution in [3.8, 4) is 0 Å². The molecule has 0 aliphatic carbocycles. The number of rotatable bonds is 11. The molecule has 0 aliphatic rings. The van der Waals surface area contributed by atoms with Gasteiger partial charge in [0.25, 0.3) is 0 Å². The van der Waals surface area contributed by atoms with Crippen molar-refractivity contribution in [2.24, 2.45) is 4.99 Å². The SMILES string of the molecule is C=C(C)CN=C(NCCCCOCC)NCCc1ccco1.I. The zero-order valence-electron chi connectivity index (χ0n) is 14.3. The zero-order chi connectivity index (χ0) is 16.0. The van der Waals surface area contributed by atoms with E-state index < -0.39 is 0 Å². The number of aliphatic imine (C=N–C) groups is 1. The highest BCUT2D eigenvalue weighted by molar-refractivity contribution is 14.0. The Morgan fingerprint density at radius 2 is 2.09 bits per heavy atom. The largest absolute Gasteiger partial charge is 0.469 e. The van der Waals surface area contributed by atoms with Gasteiger partial charge in [0.15, 0.2) is 5.96 Å². The van der Waals surface area contributed by atoms with E-state index in [0.717, 1.165) is 62.9 Å². The van der Waals surface area contributed by atoms with E-state index in [2.05, 4.69) is 22.2 Å². The van der Waals surface area contributed by atoms with Crippen molar-refractivity contribution in [2.45, 2.75) is 33.1 Å². The van der Waals surface area contributed by atoms with Crippen LogP contribution < -0.4 is 10.6 Å². The molecule has 0 saturated carbocycles. The van der Waals surface area contributed by atoms with Crippen LogP contribution in [0.5, 0.6) is 0 Å². The van der Waals surface area contributed by atoms with Gasteiger partial charge in [-0.3, -0.25) is 0 Å². The van der Waals surface area contributed by atoms with Gasteiger partial charge in [-0.05, 0) is 38.8 Å². The summed E-state index contributed by atoms with van der Waals surface area (Å²) in [6.07, 6.45) is 4.65. The van der Waals surface area contributed by atoms with Crippen LogP contribution in [-0.4, -0.2) is 38.8 Å². The molecule has 5 nitrogen and oxygen atoms in total. The summed E-state index contributed by atoms with van der Waals surface area (Å²) in [5.41, 5.74) is 1.04. The number of ether oxygens (including phenoxy) is 1. The van der Waals surface area contributed by atoms with E-state index in [0.29, 0.717) is 6.54 Å². The fourth-order valence-corrected chi connectivity index (χ4v) is 1.83. The maximum absolute atomic E-state index is 5.33. The molecule has 1 aromatic heterocycles. The molecule has 0 spiro atoms. The van der Waals surface area contributed by atoms with Crippen molar-refractivity contribution in [2.75, 3.05) is 32.8 Å². The second kappa shape index (κ2) is 14.6. The number of hydrogen-bond donors (Lipinski definition) is 2. The lowest BCUT2D eigenvalue weighted by Gasteiger charge is -2.12. The van der Waals surface area contributed by atoms with Gasteiger partial charge >= 0.3 is 0 Å². The molecule has 1 aromatic rings. The van der Waals surface area contributed by atoms with Crippen LogP contribution in [0.2, 0.25) is 0 Å². The smallest absolute Gasteiger partial charge is 0.191 e. The van der Waals surface area contributed by atoms with Gasteiger partial charge in [0, 0.05) is 32.7 Å². The first-order valence-electron chi connectivity index (χ1n) is 7.99. The molecule has 0 aromatic carbocycles. The predicted octanol–water partition coefficient (Wildman–Crippen LogP) is 3.37. The van der Waals surface area contributed by atoms with E-state index in [-0.39, 0.29) is 24.0 Å². The first-order valence-corrected chi connectivity index (χ1v) is 7.99. The minimum absolute atomic E-state index is 0. The topological polar surface area (TPSA) is 58.8 Å². The third-order valence-corrected chi connectivity index (χ3v) is 2.96. The number of halogens is 1. The van der Waals surface area contributed by atoms with E-state index in [1.807, 2.05) is 26.0 Å². The molecule has 132 valence electrons. The van der Waals surface area contributed by atoms with Crippen LogP contribution in [0.25, 0.3) is 0 Å². The lowest BCUT2D eigenvalue weighted by Crippen LogP contribution is -2.39. The van der Waals surface area contributed by atoms with Crippen LogP contribution in [0.1, 0.15) is 32.4 Å². The van der Waals surface area contributed by atoms with Crippen molar-refractivity contribution < 1.29 is 9.15 Å². The van der Waals surface area contributed by atoms with E-state index in [1.165, 1.54) is 0 Å². The molecule has 0 amide bonds. The Balaban J connectivity index is 0.00000484. The standard InChI is InChI=1S/C17H29N3O2.HI/c1-4-21-12-6-5-10-18-17(20-14-15(2)3)19-11-9-16-8-7-13-22-16;/h7-8,13H,2,4-6,9-12,14H2,1,3H3,(H2,18,19,20);1H. The highest BCUT2D eigenvalue weighted by Crippen LogP contribution is 1.99. The zero-order valence-corrected chi connectivity index (χ0v) is 16.6. The molecule has 0 saturated heterocycles. The van der Waals surface area contributed by atoms with Gasteiger partial charge in [0.2, 0.25) is 0 Å². The normalized spacial score (nSPS) is 11.0. The van der Waals surface area contributed by atoms with Crippen molar-refractivity contribution in [1.29, 1.82) is 0 Å². The highest BCUT2D eigenvalue weighted by Gasteiger charge is 2.00. The molecular weight excluding hydrogens is 405 g/mol. The van der Waals surface area contributed by atoms with Gasteiger partial charge in [-0.25, -0.2) is 4.99 Å². The lowest BCUT2D eigenvalue weighted by molar-refractivity contribution is 0.143. The number of guanidine groups is 1. The highest BCUT2D eigenvalue weighted by atomic mass is 127. The third-order valence-electron chi connectivity index (χ3n) is 2.96. The minimum Gasteiger partial charge on any atom is -0.469 e. The van der Waals surface area contributed by atoms with Crippen LogP contribution in [0.15, 0.2) is 40.0 Å². The third kappa shape index (κ3) is 12.1. The summed E-state index contributed by atoms with van der Waals surface area (Å²) >= 11 is 0. The first kappa shape index (κ1) is 22.0. The molecule has 2 N–H and O–H groups in total. The molecular formula is C17H30IN3O2. The van der Waals surface area contributed by atoms with E-state index >= 15 is 0 Å². The Kier molecular flexibility index (Phi) is 13.9. The minimum atomic E-state index is 0. The van der Waals surface area contributed by atoms with Crippen LogP contribution in [0, 0.1) is 0 Å². The molecule has 0 fully saturated rings. The average Bonchev–Trinajstić information content (AvgIpc) is 3.00. The fraction of sp³-hybridized carbons (Fsp3) is 0.588. The predicted molar refractivity (Wildman–Crippen MR) is 107 cm³/mol. The molecule has 23 heavy (non-hydrogen) atoms. The molecule has 0 unspecified atom stereocenters. The monoisotopic (exact) mass is 435 g/mol. The Bertz CT molecular complexity index is 433. The summed E-state index contributed by atoms with van der Waals surface area (Å²) in [5, 5.41) is 6.67. The molecule has 0 atom stereocenters. The Hall–Kier alpha value is -1.02. The van der Waals surface area contributed by atoms with Crippen LogP contribution in [0.3, 0.4) is 0 Å². The van der Waals surface area contributed by atoms with Crippen molar-refractivity contribution in [1.82, 2.24) is 10.6 Å². The number of unbranched alkanes of at least 4 members (excludes halogenated alkanes) is 1. The maximum atomic E-state index is 5.33. The second-order valence-electron chi connectivity index (χ2n) is 5.21. The number of furan rings is 1. The fourth-order valence-electron chi connectivity index (χ4n) is 1.83. The summed E-state index contributed by atoms with van der Waals surface area (Å²) in [7, 11) is 0. The van der Waals surface area contributed by atoms with Crippen LogP contribution in [-0.2, 0) is 11.2 Å². The van der Waals surface area contributed by atoms with Crippen molar-refractivity contribution >= 4 is 29.9 Å². The second-order valence-corrected chi connectivity index (χ2v) is 5.21. The Morgan fingerprint density at radius 1 is 1.30 bits per heavy atom. The van der Waals surface area contributed by atoms with Gasteiger partial charge in [-0.2, -0.15) is 0 Å².